The van der Waals surface area contributed by atoms with Crippen LogP contribution in [0.3, 0.4) is 0 Å². The lowest BCUT2D eigenvalue weighted by Gasteiger charge is -2.43. The molecule has 5 atom stereocenters. The summed E-state index contributed by atoms with van der Waals surface area (Å²) in [6.07, 6.45) is 0.277. The van der Waals surface area contributed by atoms with E-state index in [-0.39, 0.29) is 24.3 Å². The van der Waals surface area contributed by atoms with Crippen LogP contribution >= 0.6 is 0 Å². The molecule has 40 heavy (non-hydrogen) atoms. The molecule has 3 unspecified atom stereocenters. The molecule has 2 fully saturated rings. The van der Waals surface area contributed by atoms with Crippen LogP contribution in [0.5, 0.6) is 5.75 Å². The molecule has 2 aliphatic rings. The lowest BCUT2D eigenvalue weighted by atomic mass is 9.91. The van der Waals surface area contributed by atoms with Crippen molar-refractivity contribution in [2.24, 2.45) is 0 Å². The Morgan fingerprint density at radius 1 is 1.18 bits per heavy atom. The fraction of sp³-hybridized carbons (Fsp3) is 0.621. The smallest absolute Gasteiger partial charge is 0.451 e. The Balaban J connectivity index is 1.37. The molecule has 2 aliphatic heterocycles. The van der Waals surface area contributed by atoms with Crippen LogP contribution in [-0.2, 0) is 6.18 Å². The lowest BCUT2D eigenvalue weighted by Crippen LogP contribution is -2.51. The molecular formula is C29H40F3N5O3. The number of ether oxygens (including phenoxy) is 1. The quantitative estimate of drug-likeness (QED) is 0.446. The number of aromatic nitrogens is 2. The first-order chi connectivity index (χ1) is 18.9. The van der Waals surface area contributed by atoms with Crippen molar-refractivity contribution in [3.63, 3.8) is 0 Å². The summed E-state index contributed by atoms with van der Waals surface area (Å²) < 4.78 is 44.2. The first-order valence-corrected chi connectivity index (χ1v) is 14.0. The van der Waals surface area contributed by atoms with Gasteiger partial charge in [0, 0.05) is 43.1 Å². The van der Waals surface area contributed by atoms with E-state index in [9.17, 15) is 23.1 Å². The maximum absolute atomic E-state index is 12.7. The zero-order valence-corrected chi connectivity index (χ0v) is 23.8. The molecule has 1 aromatic heterocycles. The van der Waals surface area contributed by atoms with Crippen LogP contribution in [0.1, 0.15) is 78.4 Å². The molecule has 8 nitrogen and oxygen atoms in total. The van der Waals surface area contributed by atoms with Crippen molar-refractivity contribution in [1.29, 1.82) is 0 Å². The maximum atomic E-state index is 12.7. The average molecular weight is 564 g/mol. The van der Waals surface area contributed by atoms with Gasteiger partial charge in [0.2, 0.25) is 5.82 Å². The fourth-order valence-electron chi connectivity index (χ4n) is 6.14. The van der Waals surface area contributed by atoms with E-state index in [1.807, 2.05) is 31.9 Å². The highest BCUT2D eigenvalue weighted by Gasteiger charge is 2.44. The number of fused-ring (bicyclic) bond motifs is 2. The number of aliphatic hydroxyl groups is 1. The van der Waals surface area contributed by atoms with Crippen LogP contribution < -0.4 is 10.1 Å². The fourth-order valence-corrected chi connectivity index (χ4v) is 6.14. The summed E-state index contributed by atoms with van der Waals surface area (Å²) in [5, 5.41) is 13.3. The maximum Gasteiger partial charge on any atom is 0.451 e. The van der Waals surface area contributed by atoms with Gasteiger partial charge in [0.1, 0.15) is 18.5 Å². The van der Waals surface area contributed by atoms with Crippen LogP contribution in [-0.4, -0.2) is 81.8 Å². The van der Waals surface area contributed by atoms with E-state index in [0.29, 0.717) is 18.6 Å². The zero-order chi connectivity index (χ0) is 29.2. The summed E-state index contributed by atoms with van der Waals surface area (Å²) in [6.45, 7) is 10.1. The molecule has 0 aliphatic carbocycles. The number of nitrogens with one attached hydrogen (secondary N) is 1. The minimum Gasteiger partial charge on any atom is -0.491 e. The monoisotopic (exact) mass is 563 g/mol. The van der Waals surface area contributed by atoms with Gasteiger partial charge in [-0.15, -0.1) is 0 Å². The number of amides is 1. The number of hydrogen-bond donors (Lipinski definition) is 2. The van der Waals surface area contributed by atoms with Crippen molar-refractivity contribution in [3.8, 4) is 5.75 Å². The first kappa shape index (κ1) is 30.2. The Morgan fingerprint density at radius 2 is 1.80 bits per heavy atom. The van der Waals surface area contributed by atoms with Crippen LogP contribution in [0, 0.1) is 13.8 Å². The molecule has 2 aromatic rings. The van der Waals surface area contributed by atoms with Crippen LogP contribution in [0.4, 0.5) is 13.2 Å². The topological polar surface area (TPSA) is 90.8 Å². The molecule has 2 bridgehead atoms. The van der Waals surface area contributed by atoms with E-state index in [0.717, 1.165) is 55.9 Å². The van der Waals surface area contributed by atoms with Crippen LogP contribution in [0.2, 0.25) is 0 Å². The molecule has 220 valence electrons. The Labute approximate surface area is 233 Å². The molecule has 1 aromatic carbocycles. The molecule has 3 heterocycles. The van der Waals surface area contributed by atoms with E-state index >= 15 is 0 Å². The molecule has 4 rings (SSSR count). The zero-order valence-electron chi connectivity index (χ0n) is 23.8. The molecular weight excluding hydrogens is 523 g/mol. The summed E-state index contributed by atoms with van der Waals surface area (Å²) in [4.78, 5) is 23.9. The van der Waals surface area contributed by atoms with E-state index in [4.69, 9.17) is 4.74 Å². The van der Waals surface area contributed by atoms with Gasteiger partial charge in [-0.05, 0) is 82.8 Å². The van der Waals surface area contributed by atoms with Crippen molar-refractivity contribution in [1.82, 2.24) is 25.1 Å². The SMILES string of the molecule is CCN(C)C[C@H](O)COc1ccc(C(C)N2C3CC[C@@H]2CC(NC(=O)c2cnc(C(F)(F)F)nc2)C3)c(C)c1C. The van der Waals surface area contributed by atoms with Crippen molar-refractivity contribution in [2.45, 2.75) is 89.8 Å². The van der Waals surface area contributed by atoms with Crippen LogP contribution in [0.25, 0.3) is 0 Å². The Bertz CT molecular complexity index is 1160. The Hall–Kier alpha value is -2.76. The molecule has 2 N–H and O–H groups in total. The highest BCUT2D eigenvalue weighted by molar-refractivity contribution is 5.93. The number of hydrogen-bond acceptors (Lipinski definition) is 7. The standard InChI is InChI=1S/C29H40F3N5O3/c1-6-36(5)15-24(38)16-40-26-10-9-25(17(2)18(26)3)19(4)37-22-7-8-23(37)12-21(11-22)35-27(39)20-13-33-28(34-14-20)29(30,31)32/h9-10,13-14,19,21-24,38H,6-8,11-12,15-16H2,1-5H3,(H,35,39)/t19?,21?,22-,23?,24+/m1/s1. The molecule has 11 heteroatoms. The van der Waals surface area contributed by atoms with Gasteiger partial charge in [0.15, 0.2) is 0 Å². The van der Waals surface area contributed by atoms with Gasteiger partial charge in [-0.3, -0.25) is 9.69 Å². The van der Waals surface area contributed by atoms with E-state index in [2.05, 4.69) is 40.1 Å². The highest BCUT2D eigenvalue weighted by atomic mass is 19.4. The summed E-state index contributed by atoms with van der Waals surface area (Å²) in [6, 6.07) is 4.81. The predicted molar refractivity (Wildman–Crippen MR) is 145 cm³/mol. The van der Waals surface area contributed by atoms with Crippen molar-refractivity contribution >= 4 is 5.91 Å². The molecule has 1 amide bonds. The largest absolute Gasteiger partial charge is 0.491 e. The first-order valence-electron chi connectivity index (χ1n) is 14.0. The lowest BCUT2D eigenvalue weighted by molar-refractivity contribution is -0.145. The predicted octanol–water partition coefficient (Wildman–Crippen LogP) is 4.29. The minimum absolute atomic E-state index is 0.0226. The molecule has 0 spiro atoms. The second-order valence-electron chi connectivity index (χ2n) is 11.2. The third kappa shape index (κ3) is 6.75. The third-order valence-electron chi connectivity index (χ3n) is 8.46. The second kappa shape index (κ2) is 12.4. The number of aliphatic hydroxyl groups excluding tert-OH is 1. The Kier molecular flexibility index (Phi) is 9.36. The number of halogens is 3. The minimum atomic E-state index is -4.64. The Morgan fingerprint density at radius 3 is 2.38 bits per heavy atom. The van der Waals surface area contributed by atoms with Gasteiger partial charge in [-0.1, -0.05) is 13.0 Å². The second-order valence-corrected chi connectivity index (χ2v) is 11.2. The number of carbonyl (C=O) groups is 1. The van der Waals surface area contributed by atoms with Crippen molar-refractivity contribution in [2.75, 3.05) is 26.7 Å². The van der Waals surface area contributed by atoms with Gasteiger partial charge < -0.3 is 20.1 Å². The van der Waals surface area contributed by atoms with Gasteiger partial charge in [-0.25, -0.2) is 9.97 Å². The summed E-state index contributed by atoms with van der Waals surface area (Å²) in [5.41, 5.74) is 3.49. The summed E-state index contributed by atoms with van der Waals surface area (Å²) in [5.74, 6) is -0.927. The van der Waals surface area contributed by atoms with Gasteiger partial charge >= 0.3 is 6.18 Å². The van der Waals surface area contributed by atoms with Gasteiger partial charge in [-0.2, -0.15) is 13.2 Å². The summed E-state index contributed by atoms with van der Waals surface area (Å²) in [7, 11) is 1.97. The van der Waals surface area contributed by atoms with Crippen LogP contribution in [0.15, 0.2) is 24.5 Å². The number of carbonyl (C=O) groups excluding carboxylic acids is 1. The van der Waals surface area contributed by atoms with Gasteiger partial charge in [0.05, 0.1) is 5.56 Å². The summed E-state index contributed by atoms with van der Waals surface area (Å²) >= 11 is 0. The number of benzene rings is 1. The van der Waals surface area contributed by atoms with E-state index < -0.39 is 24.0 Å². The number of likely N-dealkylation sites (N-methyl/N-ethyl adjacent to an activating group) is 1. The van der Waals surface area contributed by atoms with Gasteiger partial charge in [0.25, 0.3) is 5.91 Å². The third-order valence-corrected chi connectivity index (χ3v) is 8.46. The number of rotatable bonds is 10. The van der Waals surface area contributed by atoms with E-state index in [1.165, 1.54) is 11.1 Å². The molecule has 0 radical (unpaired) electrons. The van der Waals surface area contributed by atoms with E-state index in [1.54, 1.807) is 0 Å². The number of alkyl halides is 3. The number of nitrogens with zero attached hydrogens (tertiary/aromatic N) is 4. The average Bonchev–Trinajstić information content (AvgIpc) is 3.18. The van der Waals surface area contributed by atoms with Crippen molar-refractivity contribution in [3.05, 3.63) is 52.6 Å². The number of piperidine rings is 1. The van der Waals surface area contributed by atoms with Crippen molar-refractivity contribution < 1.29 is 27.8 Å². The highest BCUT2D eigenvalue weighted by Crippen LogP contribution is 2.43. The molecule has 2 saturated heterocycles. The molecule has 0 saturated carbocycles. The normalized spacial score (nSPS) is 22.8.